The number of carbonyl (C=O) groups is 2. The average molecular weight is 977 g/mol. The Balaban J connectivity index is 1.05. The Morgan fingerprint density at radius 2 is 1.46 bits per heavy atom. The average Bonchev–Trinajstić information content (AvgIpc) is 3.69. The van der Waals surface area contributed by atoms with E-state index in [0.717, 1.165) is 54.2 Å². The zero-order chi connectivity index (χ0) is 49.5. The third-order valence-corrected chi connectivity index (χ3v) is 11.3. The van der Waals surface area contributed by atoms with E-state index in [2.05, 4.69) is 37.8 Å². The highest BCUT2D eigenvalue weighted by Gasteiger charge is 2.33. The molecule has 1 heterocycles. The summed E-state index contributed by atoms with van der Waals surface area (Å²) >= 11 is 6.07. The summed E-state index contributed by atoms with van der Waals surface area (Å²) in [5, 5.41) is 15.0. The zero-order valence-corrected chi connectivity index (χ0v) is 42.0. The molecule has 0 aliphatic rings. The fourth-order valence-corrected chi connectivity index (χ4v) is 7.27. The zero-order valence-electron chi connectivity index (χ0n) is 41.2. The lowest BCUT2D eigenvalue weighted by molar-refractivity contribution is -0.141. The summed E-state index contributed by atoms with van der Waals surface area (Å²) in [7, 11) is 7.40. The smallest absolute Gasteiger partial charge is 0.247 e. The van der Waals surface area contributed by atoms with Gasteiger partial charge in [0.1, 0.15) is 24.1 Å². The van der Waals surface area contributed by atoms with Crippen molar-refractivity contribution >= 4 is 41.0 Å². The highest BCUT2D eigenvalue weighted by molar-refractivity contribution is 6.30. The van der Waals surface area contributed by atoms with Crippen LogP contribution >= 0.6 is 11.6 Å². The van der Waals surface area contributed by atoms with Crippen molar-refractivity contribution in [1.82, 2.24) is 24.9 Å². The molecule has 1 atom stereocenters. The van der Waals surface area contributed by atoms with Gasteiger partial charge in [0, 0.05) is 89.0 Å². The Labute approximate surface area is 413 Å². The van der Waals surface area contributed by atoms with Gasteiger partial charge in [-0.3, -0.25) is 19.3 Å². The molecule has 0 aliphatic carbocycles. The molecule has 0 bridgehead atoms. The monoisotopic (exact) mass is 976 g/mol. The molecule has 4 rings (SSSR count). The first kappa shape index (κ1) is 56.0. The van der Waals surface area contributed by atoms with Gasteiger partial charge in [-0.25, -0.2) is 0 Å². The first-order chi connectivity index (χ1) is 33.6. The lowest BCUT2D eigenvalue weighted by Gasteiger charge is -2.31. The third kappa shape index (κ3) is 22.2. The number of carbonyl (C=O) groups excluding carboxylic acids is 2. The lowest BCUT2D eigenvalue weighted by atomic mass is 10.0. The van der Waals surface area contributed by atoms with Gasteiger partial charge in [-0.2, -0.15) is 10.2 Å². The van der Waals surface area contributed by atoms with Gasteiger partial charge >= 0.3 is 0 Å². The number of benzene rings is 3. The normalized spacial score (nSPS) is 12.1. The predicted octanol–water partition coefficient (Wildman–Crippen LogP) is 6.27. The van der Waals surface area contributed by atoms with Gasteiger partial charge < -0.3 is 54.7 Å². The molecule has 378 valence electrons. The highest BCUT2D eigenvalue weighted by atomic mass is 35.5. The van der Waals surface area contributed by atoms with Crippen LogP contribution in [-0.4, -0.2) is 150 Å². The number of aromatic nitrogens is 2. The van der Waals surface area contributed by atoms with Crippen LogP contribution < -0.4 is 25.9 Å². The molecule has 0 spiro atoms. The molecule has 0 radical (unpaired) electrons. The van der Waals surface area contributed by atoms with E-state index in [4.69, 9.17) is 45.9 Å². The number of nitrogens with zero attached hydrogens (tertiary/aromatic N) is 6. The summed E-state index contributed by atoms with van der Waals surface area (Å²) in [6.45, 7) is 9.31. The van der Waals surface area contributed by atoms with Gasteiger partial charge in [-0.1, -0.05) is 35.9 Å². The number of aliphatic imine (C=N–C) groups is 1. The number of methoxy groups -OCH3 is 1. The molecule has 4 aromatic rings. The summed E-state index contributed by atoms with van der Waals surface area (Å²) in [4.78, 5) is 36.2. The molecular weight excluding hydrogens is 902 g/mol. The Morgan fingerprint density at radius 3 is 2.14 bits per heavy atom. The topological polar surface area (TPSA) is 189 Å². The first-order valence-corrected chi connectivity index (χ1v) is 24.1. The van der Waals surface area contributed by atoms with E-state index < -0.39 is 6.04 Å². The molecule has 0 aliphatic heterocycles. The SMILES string of the molecule is CNc1ccc(OCCOCCN=C/C(CCOCCOCCN(C)CCCCOc2ccc(CCC(=O)N(CCCOC)C(C(=O)NCc3ccc(Cl)cc3)c3cn(C)nc3C)cc2)=N\N)cc1. The largest absolute Gasteiger partial charge is 0.494 e. The fourth-order valence-electron chi connectivity index (χ4n) is 7.14. The van der Waals surface area contributed by atoms with E-state index in [1.807, 2.05) is 87.9 Å². The number of halogens is 1. The van der Waals surface area contributed by atoms with E-state index in [-0.39, 0.29) is 18.2 Å². The van der Waals surface area contributed by atoms with Crippen molar-refractivity contribution < 1.29 is 38.0 Å². The van der Waals surface area contributed by atoms with Crippen LogP contribution in [0.3, 0.4) is 0 Å². The number of hydrogen-bond acceptors (Lipinski definition) is 14. The molecule has 1 unspecified atom stereocenters. The number of hydrogen-bond donors (Lipinski definition) is 3. The molecule has 17 nitrogen and oxygen atoms in total. The molecule has 0 saturated carbocycles. The van der Waals surface area contributed by atoms with Crippen LogP contribution in [0.4, 0.5) is 5.69 Å². The molecule has 3 aromatic carbocycles. The second kappa shape index (κ2) is 33.1. The van der Waals surface area contributed by atoms with E-state index in [1.165, 1.54) is 0 Å². The highest BCUT2D eigenvalue weighted by Crippen LogP contribution is 2.26. The van der Waals surface area contributed by atoms with Crippen LogP contribution in [0, 0.1) is 6.92 Å². The van der Waals surface area contributed by atoms with E-state index in [9.17, 15) is 9.59 Å². The van der Waals surface area contributed by atoms with E-state index in [0.29, 0.717) is 120 Å². The van der Waals surface area contributed by atoms with Crippen LogP contribution in [0.1, 0.15) is 60.5 Å². The number of ether oxygens (including phenoxy) is 6. The van der Waals surface area contributed by atoms with Gasteiger partial charge in [0.15, 0.2) is 0 Å². The van der Waals surface area contributed by atoms with Crippen LogP contribution in [0.25, 0.3) is 0 Å². The van der Waals surface area contributed by atoms with Crippen LogP contribution in [-0.2, 0) is 48.5 Å². The minimum absolute atomic E-state index is 0.127. The van der Waals surface area contributed by atoms with Crippen LogP contribution in [0.2, 0.25) is 5.02 Å². The van der Waals surface area contributed by atoms with Gasteiger partial charge in [-0.15, -0.1) is 0 Å². The predicted molar refractivity (Wildman–Crippen MR) is 273 cm³/mol. The molecule has 0 saturated heterocycles. The Hall–Kier alpha value is -5.56. The second-order valence-corrected chi connectivity index (χ2v) is 16.8. The Morgan fingerprint density at radius 1 is 0.797 bits per heavy atom. The molecule has 69 heavy (non-hydrogen) atoms. The van der Waals surface area contributed by atoms with Gasteiger partial charge in [0.05, 0.1) is 64.2 Å². The number of aryl methyl sites for hydroxylation is 3. The van der Waals surface area contributed by atoms with Crippen molar-refractivity contribution in [2.45, 2.75) is 58.0 Å². The molecule has 1 aromatic heterocycles. The van der Waals surface area contributed by atoms with Crippen molar-refractivity contribution in [3.63, 3.8) is 0 Å². The van der Waals surface area contributed by atoms with E-state index >= 15 is 0 Å². The summed E-state index contributed by atoms with van der Waals surface area (Å²) in [5.41, 5.74) is 4.97. The maximum atomic E-state index is 14.0. The minimum atomic E-state index is -0.857. The first-order valence-electron chi connectivity index (χ1n) is 23.7. The number of hydrazone groups is 1. The standard InChI is InChI=1S/C51H74ClN9O8/c1-40-48(39-60(4)58-40)50(51(63)56-37-42-9-14-43(52)15-10-42)61(26-8-28-64-5)49(62)22-13-41-11-18-46(19-12-41)68-29-7-6-25-59(3)27-32-67-34-33-65-30-23-45(57-53)38-55-24-31-66-35-36-69-47-20-16-44(54-2)17-21-47/h9-12,14-21,38-39,50,54H,6-8,13,22-37,53H2,1-5H3,(H,56,63)/b55-38?,57-45-. The summed E-state index contributed by atoms with van der Waals surface area (Å²) in [6.07, 6.45) is 7.25. The number of nitrogens with two attached hydrogens (primary N) is 1. The quantitative estimate of drug-likeness (QED) is 0.0201. The Bertz CT molecular complexity index is 2100. The summed E-state index contributed by atoms with van der Waals surface area (Å²) in [6, 6.07) is 22.1. The molecule has 18 heteroatoms. The van der Waals surface area contributed by atoms with Crippen molar-refractivity contribution in [2.24, 2.45) is 23.0 Å². The number of anilines is 1. The fraction of sp³-hybridized carbons (Fsp3) is 0.510. The number of nitrogens with one attached hydrogen (secondary N) is 2. The minimum Gasteiger partial charge on any atom is -0.494 e. The second-order valence-electron chi connectivity index (χ2n) is 16.4. The molecule has 4 N–H and O–H groups in total. The van der Waals surface area contributed by atoms with Gasteiger partial charge in [0.25, 0.3) is 0 Å². The Kier molecular flexibility index (Phi) is 26.8. The maximum Gasteiger partial charge on any atom is 0.247 e. The number of likely N-dealkylation sites (N-methyl/N-ethyl adjacent to an activating group) is 1. The summed E-state index contributed by atoms with van der Waals surface area (Å²) < 4.78 is 35.7. The van der Waals surface area contributed by atoms with Gasteiger partial charge in [0.2, 0.25) is 11.8 Å². The van der Waals surface area contributed by atoms with E-state index in [1.54, 1.807) is 35.0 Å². The third-order valence-electron chi connectivity index (χ3n) is 11.0. The van der Waals surface area contributed by atoms with Crippen molar-refractivity contribution in [1.29, 1.82) is 0 Å². The molecule has 2 amide bonds. The van der Waals surface area contributed by atoms with Crippen molar-refractivity contribution in [3.05, 3.63) is 106 Å². The lowest BCUT2D eigenvalue weighted by Crippen LogP contribution is -2.44. The molecular formula is C51H74ClN9O8. The van der Waals surface area contributed by atoms with Crippen LogP contribution in [0.15, 0.2) is 89.1 Å². The van der Waals surface area contributed by atoms with Crippen molar-refractivity contribution in [3.8, 4) is 11.5 Å². The summed E-state index contributed by atoms with van der Waals surface area (Å²) in [5.74, 6) is 6.71. The van der Waals surface area contributed by atoms with Crippen LogP contribution in [0.5, 0.6) is 11.5 Å². The van der Waals surface area contributed by atoms with Gasteiger partial charge in [-0.05, 0) is 106 Å². The number of unbranched alkanes of at least 4 members (excludes halogenated alkanes) is 1. The molecule has 0 fully saturated rings. The van der Waals surface area contributed by atoms with Crippen molar-refractivity contribution in [2.75, 3.05) is 112 Å². The maximum absolute atomic E-state index is 14.0. The number of rotatable bonds is 36. The number of amides is 2.